The SMILES string of the molecule is CC(C)NC1(C#N)CCC(Sc2cccc(Cl)c2)C1. The fraction of sp³-hybridized carbons (Fsp3) is 0.533. The van der Waals surface area contributed by atoms with Crippen LogP contribution >= 0.6 is 23.4 Å². The molecule has 102 valence electrons. The van der Waals surface area contributed by atoms with Crippen molar-refractivity contribution in [1.29, 1.82) is 5.26 Å². The van der Waals surface area contributed by atoms with E-state index < -0.39 is 0 Å². The van der Waals surface area contributed by atoms with E-state index in [2.05, 4.69) is 31.3 Å². The predicted molar refractivity (Wildman–Crippen MR) is 81.6 cm³/mol. The van der Waals surface area contributed by atoms with Crippen LogP contribution in [0.4, 0.5) is 0 Å². The fourth-order valence-electron chi connectivity index (χ4n) is 2.65. The standard InChI is InChI=1S/C15H19ClN2S/c1-11(2)18-15(10-17)7-6-14(9-15)19-13-5-3-4-12(16)8-13/h3-5,8,11,14,18H,6-7,9H2,1-2H3. The quantitative estimate of drug-likeness (QED) is 0.902. The molecule has 0 saturated heterocycles. The third-order valence-electron chi connectivity index (χ3n) is 3.35. The molecule has 0 bridgehead atoms. The third-order valence-corrected chi connectivity index (χ3v) is 4.84. The fourth-order valence-corrected chi connectivity index (χ4v) is 4.25. The van der Waals surface area contributed by atoms with Gasteiger partial charge in [-0.25, -0.2) is 0 Å². The molecule has 0 aromatic heterocycles. The third kappa shape index (κ3) is 3.89. The molecule has 0 radical (unpaired) electrons. The van der Waals surface area contributed by atoms with Gasteiger partial charge in [0, 0.05) is 21.2 Å². The number of halogens is 1. The number of rotatable bonds is 4. The minimum absolute atomic E-state index is 0.342. The Bertz CT molecular complexity index is 483. The molecule has 1 saturated carbocycles. The number of hydrogen-bond acceptors (Lipinski definition) is 3. The highest BCUT2D eigenvalue weighted by Gasteiger charge is 2.40. The maximum absolute atomic E-state index is 9.45. The van der Waals surface area contributed by atoms with Crippen LogP contribution in [0.15, 0.2) is 29.2 Å². The lowest BCUT2D eigenvalue weighted by Crippen LogP contribution is -2.45. The number of nitriles is 1. The summed E-state index contributed by atoms with van der Waals surface area (Å²) in [5, 5.41) is 14.1. The summed E-state index contributed by atoms with van der Waals surface area (Å²) in [4.78, 5) is 1.19. The summed E-state index contributed by atoms with van der Waals surface area (Å²) >= 11 is 7.84. The molecule has 4 heteroatoms. The molecule has 2 unspecified atom stereocenters. The number of benzene rings is 1. The maximum Gasteiger partial charge on any atom is 0.108 e. The number of thioether (sulfide) groups is 1. The lowest BCUT2D eigenvalue weighted by molar-refractivity contribution is 0.386. The molecule has 2 nitrogen and oxygen atoms in total. The molecule has 0 heterocycles. The molecule has 1 fully saturated rings. The Labute approximate surface area is 124 Å². The minimum Gasteiger partial charge on any atom is -0.297 e. The Kier molecular flexibility index (Phi) is 4.78. The molecule has 1 N–H and O–H groups in total. The van der Waals surface area contributed by atoms with Crippen LogP contribution in [0.25, 0.3) is 0 Å². The van der Waals surface area contributed by atoms with E-state index in [9.17, 15) is 5.26 Å². The normalized spacial score (nSPS) is 26.6. The van der Waals surface area contributed by atoms with Gasteiger partial charge in [-0.15, -0.1) is 11.8 Å². The molecule has 1 aliphatic carbocycles. The zero-order valence-electron chi connectivity index (χ0n) is 11.3. The molecule has 0 amide bonds. The van der Waals surface area contributed by atoms with Crippen LogP contribution in [-0.2, 0) is 0 Å². The maximum atomic E-state index is 9.45. The van der Waals surface area contributed by atoms with Crippen molar-refractivity contribution in [3.8, 4) is 6.07 Å². The highest BCUT2D eigenvalue weighted by Crippen LogP contribution is 2.40. The molecule has 19 heavy (non-hydrogen) atoms. The first-order valence-electron chi connectivity index (χ1n) is 6.64. The predicted octanol–water partition coefficient (Wildman–Crippen LogP) is 4.24. The largest absolute Gasteiger partial charge is 0.297 e. The van der Waals surface area contributed by atoms with Gasteiger partial charge in [0.25, 0.3) is 0 Å². The molecular formula is C15H19ClN2S. The summed E-state index contributed by atoms with van der Waals surface area (Å²) in [5.74, 6) is 0. The molecule has 1 aromatic rings. The molecule has 2 rings (SSSR count). The molecule has 0 spiro atoms. The number of hydrogen-bond donors (Lipinski definition) is 1. The van der Waals surface area contributed by atoms with E-state index in [-0.39, 0.29) is 5.54 Å². The second-order valence-electron chi connectivity index (χ2n) is 5.43. The van der Waals surface area contributed by atoms with Gasteiger partial charge in [0.1, 0.15) is 5.54 Å². The monoisotopic (exact) mass is 294 g/mol. The Morgan fingerprint density at radius 3 is 2.95 bits per heavy atom. The molecule has 1 aliphatic rings. The van der Waals surface area contributed by atoms with Gasteiger partial charge >= 0.3 is 0 Å². The van der Waals surface area contributed by atoms with Gasteiger partial charge in [-0.3, -0.25) is 5.32 Å². The topological polar surface area (TPSA) is 35.8 Å². The second-order valence-corrected chi connectivity index (χ2v) is 7.24. The average Bonchev–Trinajstić information content (AvgIpc) is 2.72. The van der Waals surface area contributed by atoms with Crippen LogP contribution in [0.5, 0.6) is 0 Å². The van der Waals surface area contributed by atoms with Crippen LogP contribution in [-0.4, -0.2) is 16.8 Å². The Hall–Kier alpha value is -0.690. The molecule has 0 aliphatic heterocycles. The summed E-state index contributed by atoms with van der Waals surface area (Å²) < 4.78 is 0. The summed E-state index contributed by atoms with van der Waals surface area (Å²) in [6, 6.07) is 10.8. The first-order chi connectivity index (χ1) is 9.03. The first-order valence-corrected chi connectivity index (χ1v) is 7.90. The van der Waals surface area contributed by atoms with E-state index in [1.165, 1.54) is 4.90 Å². The molecule has 1 aromatic carbocycles. The smallest absolute Gasteiger partial charge is 0.108 e. The zero-order chi connectivity index (χ0) is 13.9. The zero-order valence-corrected chi connectivity index (χ0v) is 12.9. The van der Waals surface area contributed by atoms with Crippen molar-refractivity contribution < 1.29 is 0 Å². The van der Waals surface area contributed by atoms with Crippen molar-refractivity contribution in [2.75, 3.05) is 0 Å². The van der Waals surface area contributed by atoms with Crippen molar-refractivity contribution >= 4 is 23.4 Å². The van der Waals surface area contributed by atoms with Crippen molar-refractivity contribution in [2.24, 2.45) is 0 Å². The van der Waals surface area contributed by atoms with Crippen LogP contribution in [0, 0.1) is 11.3 Å². The van der Waals surface area contributed by atoms with E-state index in [0.717, 1.165) is 24.3 Å². The van der Waals surface area contributed by atoms with Gasteiger partial charge < -0.3 is 0 Å². The second kappa shape index (κ2) is 6.17. The lowest BCUT2D eigenvalue weighted by Gasteiger charge is -2.25. The van der Waals surface area contributed by atoms with E-state index in [1.54, 1.807) is 0 Å². The average molecular weight is 295 g/mol. The highest BCUT2D eigenvalue weighted by molar-refractivity contribution is 8.00. The summed E-state index contributed by atoms with van der Waals surface area (Å²) in [5.41, 5.74) is -0.343. The summed E-state index contributed by atoms with van der Waals surface area (Å²) in [7, 11) is 0. The minimum atomic E-state index is -0.343. The van der Waals surface area contributed by atoms with Crippen LogP contribution in [0.3, 0.4) is 0 Å². The van der Waals surface area contributed by atoms with Gasteiger partial charge in [0.15, 0.2) is 0 Å². The van der Waals surface area contributed by atoms with Gasteiger partial charge in [0.05, 0.1) is 6.07 Å². The Balaban J connectivity index is 2.00. The van der Waals surface area contributed by atoms with Crippen molar-refractivity contribution in [2.45, 2.75) is 54.8 Å². The van der Waals surface area contributed by atoms with Gasteiger partial charge in [-0.05, 0) is 51.3 Å². The highest BCUT2D eigenvalue weighted by atomic mass is 35.5. The van der Waals surface area contributed by atoms with Crippen LogP contribution < -0.4 is 5.32 Å². The lowest BCUT2D eigenvalue weighted by atomic mass is 9.99. The van der Waals surface area contributed by atoms with Gasteiger partial charge in [-0.2, -0.15) is 5.26 Å². The van der Waals surface area contributed by atoms with Crippen molar-refractivity contribution in [3.05, 3.63) is 29.3 Å². The van der Waals surface area contributed by atoms with E-state index in [4.69, 9.17) is 11.6 Å². The van der Waals surface area contributed by atoms with Gasteiger partial charge in [-0.1, -0.05) is 17.7 Å². The van der Waals surface area contributed by atoms with Crippen LogP contribution in [0.2, 0.25) is 5.02 Å². The van der Waals surface area contributed by atoms with E-state index >= 15 is 0 Å². The Morgan fingerprint density at radius 1 is 1.53 bits per heavy atom. The molecular weight excluding hydrogens is 276 g/mol. The van der Waals surface area contributed by atoms with Gasteiger partial charge in [0.2, 0.25) is 0 Å². The Morgan fingerprint density at radius 2 is 2.32 bits per heavy atom. The van der Waals surface area contributed by atoms with Crippen LogP contribution in [0.1, 0.15) is 33.1 Å². The molecule has 2 atom stereocenters. The van der Waals surface area contributed by atoms with E-state index in [0.29, 0.717) is 11.3 Å². The van der Waals surface area contributed by atoms with E-state index in [1.807, 2.05) is 30.0 Å². The number of nitrogens with one attached hydrogen (secondary N) is 1. The van der Waals surface area contributed by atoms with Crippen molar-refractivity contribution in [3.63, 3.8) is 0 Å². The first kappa shape index (κ1) is 14.7. The number of nitrogens with zero attached hydrogens (tertiary/aromatic N) is 1. The van der Waals surface area contributed by atoms with Crippen molar-refractivity contribution in [1.82, 2.24) is 5.32 Å². The summed E-state index contributed by atoms with van der Waals surface area (Å²) in [6.07, 6.45) is 2.91. The summed E-state index contributed by atoms with van der Waals surface area (Å²) in [6.45, 7) is 4.19.